The number of aromatic nitrogens is 1. The van der Waals surface area contributed by atoms with Crippen molar-refractivity contribution in [3.05, 3.63) is 68.4 Å². The fourth-order valence-corrected chi connectivity index (χ4v) is 3.58. The second-order valence-corrected chi connectivity index (χ2v) is 7.70. The predicted octanol–water partition coefficient (Wildman–Crippen LogP) is 2.81. The highest BCUT2D eigenvalue weighted by Crippen LogP contribution is 2.37. The Hall–Kier alpha value is -4.32. The largest absolute Gasteiger partial charge is 0.495 e. The minimum absolute atomic E-state index is 0.0478. The van der Waals surface area contributed by atoms with Crippen LogP contribution in [0, 0.1) is 0 Å². The van der Waals surface area contributed by atoms with Crippen LogP contribution in [0.4, 0.5) is 11.5 Å². The summed E-state index contributed by atoms with van der Waals surface area (Å²) in [6.45, 7) is -0.518. The van der Waals surface area contributed by atoms with Gasteiger partial charge in [-0.1, -0.05) is 28.1 Å². The Morgan fingerprint density at radius 1 is 1.06 bits per heavy atom. The molecule has 12 heteroatoms. The normalized spacial score (nSPS) is 10.4. The summed E-state index contributed by atoms with van der Waals surface area (Å²) in [5, 5.41) is 21.9. The number of nitrogens with two attached hydrogens (primary N) is 1. The monoisotopic (exact) mass is 531 g/mol. The number of para-hydroxylation sites is 2. The number of rotatable bonds is 8. The molecule has 34 heavy (non-hydrogen) atoms. The zero-order valence-electron chi connectivity index (χ0n) is 17.5. The van der Waals surface area contributed by atoms with Crippen molar-refractivity contribution in [3.8, 4) is 22.6 Å². The Bertz CT molecular complexity index is 1350. The average molecular weight is 532 g/mol. The highest BCUT2D eigenvalue weighted by Gasteiger charge is 2.28. The molecule has 0 aliphatic rings. The van der Waals surface area contributed by atoms with Crippen molar-refractivity contribution >= 4 is 45.3 Å². The number of anilines is 2. The number of hydrogen-bond donors (Lipinski definition) is 5. The zero-order valence-corrected chi connectivity index (χ0v) is 19.1. The highest BCUT2D eigenvalue weighted by atomic mass is 79.9. The van der Waals surface area contributed by atoms with E-state index in [1.54, 1.807) is 24.3 Å². The van der Waals surface area contributed by atoms with Crippen molar-refractivity contribution in [2.45, 2.75) is 0 Å². The molecule has 0 saturated carbocycles. The SMILES string of the molecule is COc1ccccc1NC(=O)COc1ccc(Br)cc1-c1c(C(=O)O)c(N)[nH]c(=O)c1C(=O)O. The van der Waals surface area contributed by atoms with Crippen LogP contribution in [-0.4, -0.2) is 46.8 Å². The molecule has 0 fully saturated rings. The first kappa shape index (κ1) is 24.3. The third kappa shape index (κ3) is 5.02. The van der Waals surface area contributed by atoms with E-state index in [0.717, 1.165) is 0 Å². The number of hydrogen-bond acceptors (Lipinski definition) is 7. The standard InChI is InChI=1S/C22H18BrN3O8/c1-33-14-5-3-2-4-12(14)25-15(27)9-34-13-7-6-10(23)8-11(13)16-17(21(29)30)19(24)26-20(28)18(16)22(31)32/h2-8H,9H2,1H3,(H,25,27)(H,29,30)(H,31,32)(H3,24,26,28). The van der Waals surface area contributed by atoms with E-state index in [2.05, 4.69) is 21.2 Å². The first-order chi connectivity index (χ1) is 16.1. The van der Waals surface area contributed by atoms with Crippen molar-refractivity contribution in [2.24, 2.45) is 0 Å². The first-order valence-corrected chi connectivity index (χ1v) is 10.3. The van der Waals surface area contributed by atoms with E-state index in [9.17, 15) is 29.4 Å². The van der Waals surface area contributed by atoms with Crippen LogP contribution in [0.5, 0.6) is 11.5 Å². The molecule has 0 bridgehead atoms. The molecule has 3 aromatic rings. The van der Waals surface area contributed by atoms with E-state index < -0.39 is 52.5 Å². The van der Waals surface area contributed by atoms with Crippen LogP contribution in [0.25, 0.3) is 11.1 Å². The molecule has 11 nitrogen and oxygen atoms in total. The lowest BCUT2D eigenvalue weighted by Gasteiger charge is -2.17. The van der Waals surface area contributed by atoms with Gasteiger partial charge < -0.3 is 35.7 Å². The molecule has 6 N–H and O–H groups in total. The van der Waals surface area contributed by atoms with Crippen molar-refractivity contribution in [1.82, 2.24) is 4.98 Å². The summed E-state index contributed by atoms with van der Waals surface area (Å²) in [7, 11) is 1.45. The molecule has 0 atom stereocenters. The number of amides is 1. The lowest BCUT2D eigenvalue weighted by atomic mass is 9.94. The van der Waals surface area contributed by atoms with Crippen LogP contribution in [0.2, 0.25) is 0 Å². The Morgan fingerprint density at radius 2 is 1.74 bits per heavy atom. The van der Waals surface area contributed by atoms with Crippen molar-refractivity contribution in [2.75, 3.05) is 24.8 Å². The maximum absolute atomic E-state index is 12.5. The first-order valence-electron chi connectivity index (χ1n) is 9.52. The third-order valence-electron chi connectivity index (χ3n) is 4.62. The molecule has 0 saturated heterocycles. The molecule has 2 aromatic carbocycles. The molecule has 0 spiro atoms. The average Bonchev–Trinajstić information content (AvgIpc) is 2.77. The number of nitrogen functional groups attached to an aromatic ring is 1. The van der Waals surface area contributed by atoms with E-state index in [1.165, 1.54) is 25.3 Å². The highest BCUT2D eigenvalue weighted by molar-refractivity contribution is 9.10. The van der Waals surface area contributed by atoms with Crippen molar-refractivity contribution < 1.29 is 34.1 Å². The van der Waals surface area contributed by atoms with Crippen LogP contribution in [-0.2, 0) is 4.79 Å². The lowest BCUT2D eigenvalue weighted by molar-refractivity contribution is -0.118. The fraction of sp³-hybridized carbons (Fsp3) is 0.0909. The van der Waals surface area contributed by atoms with Crippen molar-refractivity contribution in [1.29, 1.82) is 0 Å². The fourth-order valence-electron chi connectivity index (χ4n) is 3.22. The minimum Gasteiger partial charge on any atom is -0.495 e. The molecule has 0 aliphatic heterocycles. The van der Waals surface area contributed by atoms with Gasteiger partial charge >= 0.3 is 11.9 Å². The van der Waals surface area contributed by atoms with E-state index in [1.807, 2.05) is 4.98 Å². The molecule has 0 radical (unpaired) electrons. The van der Waals surface area contributed by atoms with Crippen LogP contribution < -0.4 is 26.1 Å². The van der Waals surface area contributed by atoms with Gasteiger partial charge in [-0.3, -0.25) is 9.59 Å². The number of aromatic amines is 1. The maximum atomic E-state index is 12.5. The number of methoxy groups -OCH3 is 1. The molecule has 176 valence electrons. The number of nitrogens with one attached hydrogen (secondary N) is 2. The molecular formula is C22H18BrN3O8. The van der Waals surface area contributed by atoms with Gasteiger partial charge in [-0.25, -0.2) is 9.59 Å². The van der Waals surface area contributed by atoms with Gasteiger partial charge in [0.15, 0.2) is 6.61 Å². The van der Waals surface area contributed by atoms with E-state index in [0.29, 0.717) is 15.9 Å². The summed E-state index contributed by atoms with van der Waals surface area (Å²) in [6, 6.07) is 11.0. The van der Waals surface area contributed by atoms with Gasteiger partial charge in [-0.05, 0) is 30.3 Å². The number of carboxylic acid groups (broad SMARTS) is 2. The summed E-state index contributed by atoms with van der Waals surface area (Å²) in [4.78, 5) is 50.6. The number of ether oxygens (including phenoxy) is 2. The number of carbonyl (C=O) groups excluding carboxylic acids is 1. The third-order valence-corrected chi connectivity index (χ3v) is 5.12. The number of H-pyrrole nitrogens is 1. The quantitative estimate of drug-likeness (QED) is 0.291. The second kappa shape index (κ2) is 10.1. The number of aromatic carboxylic acids is 2. The lowest BCUT2D eigenvalue weighted by Crippen LogP contribution is -2.24. The van der Waals surface area contributed by atoms with Gasteiger partial charge in [-0.2, -0.15) is 0 Å². The summed E-state index contributed by atoms with van der Waals surface area (Å²) in [6.07, 6.45) is 0. The molecule has 1 amide bonds. The Morgan fingerprint density at radius 3 is 2.38 bits per heavy atom. The zero-order chi connectivity index (χ0) is 25.0. The topological polar surface area (TPSA) is 181 Å². The second-order valence-electron chi connectivity index (χ2n) is 6.78. The number of benzene rings is 2. The summed E-state index contributed by atoms with van der Waals surface area (Å²) in [5.74, 6) is -3.95. The molecule has 0 unspecified atom stereocenters. The molecule has 1 heterocycles. The summed E-state index contributed by atoms with van der Waals surface area (Å²) in [5.41, 5.74) is 3.02. The molecule has 0 aliphatic carbocycles. The smallest absolute Gasteiger partial charge is 0.342 e. The molecular weight excluding hydrogens is 514 g/mol. The van der Waals surface area contributed by atoms with Gasteiger partial charge in [0.05, 0.1) is 12.8 Å². The van der Waals surface area contributed by atoms with Gasteiger partial charge in [0.25, 0.3) is 11.5 Å². The summed E-state index contributed by atoms with van der Waals surface area (Å²) >= 11 is 3.23. The molecule has 3 rings (SSSR count). The number of halogens is 1. The van der Waals surface area contributed by atoms with E-state index in [-0.39, 0.29) is 11.3 Å². The Kier molecular flexibility index (Phi) is 7.21. The summed E-state index contributed by atoms with van der Waals surface area (Å²) < 4.78 is 11.2. The van der Waals surface area contributed by atoms with Gasteiger partial charge in [0.2, 0.25) is 0 Å². The minimum atomic E-state index is -1.67. The maximum Gasteiger partial charge on any atom is 0.342 e. The van der Waals surface area contributed by atoms with E-state index in [4.69, 9.17) is 15.2 Å². The van der Waals surface area contributed by atoms with Gasteiger partial charge in [-0.15, -0.1) is 0 Å². The van der Waals surface area contributed by atoms with Crippen LogP contribution in [0.1, 0.15) is 20.7 Å². The Labute approximate surface area is 200 Å². The Balaban J connectivity index is 2.04. The van der Waals surface area contributed by atoms with Crippen molar-refractivity contribution in [3.63, 3.8) is 0 Å². The number of pyridine rings is 1. The number of carboxylic acids is 2. The van der Waals surface area contributed by atoms with Gasteiger partial charge in [0.1, 0.15) is 28.4 Å². The van der Waals surface area contributed by atoms with Crippen LogP contribution in [0.15, 0.2) is 51.7 Å². The van der Waals surface area contributed by atoms with E-state index >= 15 is 0 Å². The molecule has 1 aromatic heterocycles. The van der Waals surface area contributed by atoms with Crippen LogP contribution >= 0.6 is 15.9 Å². The predicted molar refractivity (Wildman–Crippen MR) is 126 cm³/mol. The van der Waals surface area contributed by atoms with Crippen LogP contribution in [0.3, 0.4) is 0 Å². The number of carbonyl (C=O) groups is 3. The van der Waals surface area contributed by atoms with Gasteiger partial charge in [0, 0.05) is 15.6 Å².